The Bertz CT molecular complexity index is 911. The number of methoxy groups -OCH3 is 1. The Hall–Kier alpha value is -3.82. The number of fused-ring (bicyclic) bond motifs is 1. The highest BCUT2D eigenvalue weighted by atomic mass is 16.7. The van der Waals surface area contributed by atoms with E-state index in [1.807, 2.05) is 0 Å². The summed E-state index contributed by atoms with van der Waals surface area (Å²) >= 11 is 0. The van der Waals surface area contributed by atoms with E-state index in [2.05, 4.69) is 10.5 Å². The Morgan fingerprint density at radius 3 is 2.81 bits per heavy atom. The van der Waals surface area contributed by atoms with Crippen molar-refractivity contribution >= 4 is 17.8 Å². The maximum absolute atomic E-state index is 12.1. The van der Waals surface area contributed by atoms with Gasteiger partial charge in [0.25, 0.3) is 11.6 Å². The zero-order valence-electron chi connectivity index (χ0n) is 13.4. The van der Waals surface area contributed by atoms with Crippen molar-refractivity contribution in [3.05, 3.63) is 51.6 Å². The second-order valence-electron chi connectivity index (χ2n) is 5.10. The molecule has 10 heteroatoms. The minimum atomic E-state index is -0.834. The van der Waals surface area contributed by atoms with Crippen molar-refractivity contribution in [2.24, 2.45) is 5.10 Å². The van der Waals surface area contributed by atoms with Crippen molar-refractivity contribution in [3.63, 3.8) is 0 Å². The topological polar surface area (TPSA) is 135 Å². The van der Waals surface area contributed by atoms with Gasteiger partial charge in [0.1, 0.15) is 5.75 Å². The molecule has 26 heavy (non-hydrogen) atoms. The lowest BCUT2D eigenvalue weighted by Gasteiger charge is -2.12. The van der Waals surface area contributed by atoms with Gasteiger partial charge in [-0.2, -0.15) is 5.10 Å². The van der Waals surface area contributed by atoms with E-state index < -0.39 is 22.3 Å². The van der Waals surface area contributed by atoms with E-state index in [0.717, 1.165) is 6.07 Å². The summed E-state index contributed by atoms with van der Waals surface area (Å²) in [5, 5.41) is 26.4. The lowest BCUT2D eigenvalue weighted by molar-refractivity contribution is -0.398. The van der Waals surface area contributed by atoms with Crippen molar-refractivity contribution in [1.29, 1.82) is 0 Å². The van der Waals surface area contributed by atoms with E-state index in [0.29, 0.717) is 17.1 Å². The SMILES string of the molecule is COc1cc(/C=N\NC(=O)c2ccc3c(c2)OCO3)cc([N+](=O)[O-])c1[O-]. The van der Waals surface area contributed by atoms with Crippen LogP contribution in [0, 0.1) is 10.1 Å². The van der Waals surface area contributed by atoms with Gasteiger partial charge in [-0.3, -0.25) is 14.9 Å². The largest absolute Gasteiger partial charge is 0.865 e. The average Bonchev–Trinajstić information content (AvgIpc) is 3.10. The Morgan fingerprint density at radius 1 is 1.31 bits per heavy atom. The van der Waals surface area contributed by atoms with E-state index in [4.69, 9.17) is 14.2 Å². The molecule has 3 rings (SSSR count). The number of nitrogens with zero attached hydrogens (tertiary/aromatic N) is 2. The fraction of sp³-hybridized carbons (Fsp3) is 0.125. The van der Waals surface area contributed by atoms with Gasteiger partial charge in [-0.1, -0.05) is 0 Å². The first-order chi connectivity index (χ1) is 12.5. The van der Waals surface area contributed by atoms with E-state index >= 15 is 0 Å². The van der Waals surface area contributed by atoms with Crippen LogP contribution in [0.5, 0.6) is 23.0 Å². The molecule has 134 valence electrons. The molecule has 0 aliphatic carbocycles. The zero-order chi connectivity index (χ0) is 18.7. The average molecular weight is 358 g/mol. The third-order valence-electron chi connectivity index (χ3n) is 3.49. The van der Waals surface area contributed by atoms with Gasteiger partial charge in [0.15, 0.2) is 11.5 Å². The Labute approximate surface area is 146 Å². The van der Waals surface area contributed by atoms with Gasteiger partial charge >= 0.3 is 0 Å². The van der Waals surface area contributed by atoms with Crippen LogP contribution in [0.1, 0.15) is 15.9 Å². The molecule has 10 nitrogen and oxygen atoms in total. The molecule has 0 aromatic heterocycles. The number of hydrazone groups is 1. The first kappa shape index (κ1) is 17.0. The number of nitro groups is 1. The lowest BCUT2D eigenvalue weighted by Crippen LogP contribution is -2.17. The first-order valence-corrected chi connectivity index (χ1v) is 7.26. The fourth-order valence-electron chi connectivity index (χ4n) is 2.24. The normalized spacial score (nSPS) is 12.2. The molecular weight excluding hydrogens is 346 g/mol. The first-order valence-electron chi connectivity index (χ1n) is 7.26. The van der Waals surface area contributed by atoms with Crippen molar-refractivity contribution in [3.8, 4) is 23.0 Å². The number of carbonyl (C=O) groups excluding carboxylic acids is 1. The van der Waals surface area contributed by atoms with Crippen molar-refractivity contribution < 1.29 is 29.0 Å². The molecule has 0 fully saturated rings. The minimum absolute atomic E-state index is 0.0921. The molecule has 0 atom stereocenters. The number of nitro benzene ring substituents is 1. The molecule has 2 aromatic rings. The number of rotatable bonds is 5. The predicted molar refractivity (Wildman–Crippen MR) is 86.7 cm³/mol. The van der Waals surface area contributed by atoms with Gasteiger partial charge in [-0.05, 0) is 24.3 Å². The van der Waals surface area contributed by atoms with Crippen LogP contribution >= 0.6 is 0 Å². The quantitative estimate of drug-likeness (QED) is 0.481. The van der Waals surface area contributed by atoms with Crippen molar-refractivity contribution in [2.45, 2.75) is 0 Å². The van der Waals surface area contributed by atoms with E-state index in [-0.39, 0.29) is 18.1 Å². The maximum atomic E-state index is 12.1. The summed E-state index contributed by atoms with van der Waals surface area (Å²) in [5.74, 6) is -0.543. The molecule has 0 saturated heterocycles. The zero-order valence-corrected chi connectivity index (χ0v) is 13.4. The van der Waals surface area contributed by atoms with Crippen molar-refractivity contribution in [2.75, 3.05) is 13.9 Å². The Kier molecular flexibility index (Phi) is 4.56. The van der Waals surface area contributed by atoms with Crippen LogP contribution in [-0.4, -0.2) is 30.9 Å². The molecular formula is C16H12N3O7-. The third kappa shape index (κ3) is 3.34. The summed E-state index contributed by atoms with van der Waals surface area (Å²) in [7, 11) is 1.22. The number of nitrogens with one attached hydrogen (secondary N) is 1. The van der Waals surface area contributed by atoms with Gasteiger partial charge < -0.3 is 19.3 Å². The molecule has 0 saturated carbocycles. The molecule has 0 unspecified atom stereocenters. The minimum Gasteiger partial charge on any atom is -0.865 e. The van der Waals surface area contributed by atoms with Crippen LogP contribution in [0.25, 0.3) is 0 Å². The second-order valence-corrected chi connectivity index (χ2v) is 5.10. The summed E-state index contributed by atoms with van der Waals surface area (Å²) < 4.78 is 15.2. The predicted octanol–water partition coefficient (Wildman–Crippen LogP) is 1.17. The summed E-state index contributed by atoms with van der Waals surface area (Å²) in [4.78, 5) is 22.2. The fourth-order valence-corrected chi connectivity index (χ4v) is 2.24. The standard InChI is InChI=1S/C16H13N3O7/c1-24-14-5-9(4-11(15(14)20)19(22)23)7-17-18-16(21)10-2-3-12-13(6-10)26-8-25-12/h2-7,20H,8H2,1H3,(H,18,21)/p-1/b17-7-. The van der Waals surface area contributed by atoms with Crippen LogP contribution in [0.4, 0.5) is 5.69 Å². The summed E-state index contributed by atoms with van der Waals surface area (Å²) in [6.45, 7) is 0.0921. The number of ether oxygens (including phenoxy) is 3. The number of hydrogen-bond acceptors (Lipinski definition) is 8. The van der Waals surface area contributed by atoms with Crippen LogP contribution < -0.4 is 24.7 Å². The molecule has 1 aliphatic heterocycles. The third-order valence-corrected chi connectivity index (χ3v) is 3.49. The van der Waals surface area contributed by atoms with E-state index in [1.54, 1.807) is 12.1 Å². The van der Waals surface area contributed by atoms with Gasteiger partial charge in [0.05, 0.1) is 18.2 Å². The van der Waals surface area contributed by atoms with Crippen LogP contribution in [-0.2, 0) is 0 Å². The monoisotopic (exact) mass is 358 g/mol. The van der Waals surface area contributed by atoms with E-state index in [1.165, 1.54) is 25.5 Å². The van der Waals surface area contributed by atoms with Crippen LogP contribution in [0.3, 0.4) is 0 Å². The number of amides is 1. The van der Waals surface area contributed by atoms with Gasteiger partial charge in [-0.15, -0.1) is 0 Å². The van der Waals surface area contributed by atoms with Gasteiger partial charge in [-0.25, -0.2) is 5.43 Å². The number of carbonyl (C=O) groups is 1. The van der Waals surface area contributed by atoms with Crippen LogP contribution in [0.2, 0.25) is 0 Å². The van der Waals surface area contributed by atoms with E-state index in [9.17, 15) is 20.0 Å². The summed E-state index contributed by atoms with van der Waals surface area (Å²) in [5.41, 5.74) is 2.16. The second kappa shape index (κ2) is 6.97. The Morgan fingerprint density at radius 2 is 2.08 bits per heavy atom. The lowest BCUT2D eigenvalue weighted by atomic mass is 10.2. The van der Waals surface area contributed by atoms with Gasteiger partial charge in [0.2, 0.25) is 6.79 Å². The smallest absolute Gasteiger partial charge is 0.271 e. The summed E-state index contributed by atoms with van der Waals surface area (Å²) in [6, 6.07) is 6.97. The Balaban J connectivity index is 1.75. The molecule has 0 bridgehead atoms. The summed E-state index contributed by atoms with van der Waals surface area (Å²) in [6.07, 6.45) is 1.17. The van der Waals surface area contributed by atoms with Crippen LogP contribution in [0.15, 0.2) is 35.4 Å². The molecule has 1 heterocycles. The highest BCUT2D eigenvalue weighted by Crippen LogP contribution is 2.34. The molecule has 0 radical (unpaired) electrons. The molecule has 1 amide bonds. The highest BCUT2D eigenvalue weighted by molar-refractivity contribution is 5.95. The number of hydrogen-bond donors (Lipinski definition) is 1. The molecule has 0 spiro atoms. The van der Waals surface area contributed by atoms with Gasteiger partial charge in [0, 0.05) is 22.9 Å². The molecule has 1 N–H and O–H groups in total. The highest BCUT2D eigenvalue weighted by Gasteiger charge is 2.16. The molecule has 2 aromatic carbocycles. The van der Waals surface area contributed by atoms with Crippen molar-refractivity contribution in [1.82, 2.24) is 5.43 Å². The number of benzene rings is 2. The maximum Gasteiger partial charge on any atom is 0.271 e. The molecule has 1 aliphatic rings.